The van der Waals surface area contributed by atoms with Crippen LogP contribution in [0.25, 0.3) is 0 Å². The van der Waals surface area contributed by atoms with E-state index < -0.39 is 0 Å². The molecule has 0 aliphatic heterocycles. The highest BCUT2D eigenvalue weighted by molar-refractivity contribution is 5.76. The molecule has 26 heavy (non-hydrogen) atoms. The largest absolute Gasteiger partial charge is 0.396 e. The molecule has 0 aliphatic rings. The van der Waals surface area contributed by atoms with Crippen molar-refractivity contribution < 1.29 is 9.90 Å². The maximum atomic E-state index is 11.7. The third-order valence-electron chi connectivity index (χ3n) is 5.46. The molecular weight excluding hydrogens is 322 g/mol. The Balaban J connectivity index is 3.60. The van der Waals surface area contributed by atoms with Crippen LogP contribution < -0.4 is 5.32 Å². The van der Waals surface area contributed by atoms with Crippen molar-refractivity contribution in [3.05, 3.63) is 0 Å². The minimum absolute atomic E-state index is 0.130. The zero-order chi connectivity index (χ0) is 19.8. The molecule has 2 N–H and O–H groups in total. The van der Waals surface area contributed by atoms with Crippen LogP contribution in [0.1, 0.15) is 105 Å². The minimum Gasteiger partial charge on any atom is -0.396 e. The fraction of sp³-hybridized carbons (Fsp3) is 0.957. The van der Waals surface area contributed by atoms with Gasteiger partial charge >= 0.3 is 0 Å². The Labute approximate surface area is 163 Å². The van der Waals surface area contributed by atoms with Gasteiger partial charge in [0.2, 0.25) is 5.91 Å². The van der Waals surface area contributed by atoms with Gasteiger partial charge < -0.3 is 10.4 Å². The molecule has 0 fully saturated rings. The molecule has 3 atom stereocenters. The normalized spacial score (nSPS) is 15.0. The molecule has 0 aromatic carbocycles. The van der Waals surface area contributed by atoms with Crippen molar-refractivity contribution in [3.8, 4) is 0 Å². The molecule has 0 saturated heterocycles. The van der Waals surface area contributed by atoms with Crippen LogP contribution in [0.5, 0.6) is 0 Å². The van der Waals surface area contributed by atoms with Crippen molar-refractivity contribution in [1.82, 2.24) is 5.32 Å². The van der Waals surface area contributed by atoms with Crippen LogP contribution in [0.2, 0.25) is 0 Å². The van der Waals surface area contributed by atoms with Crippen LogP contribution in [-0.2, 0) is 4.79 Å². The molecule has 1 amide bonds. The molecule has 3 nitrogen and oxygen atoms in total. The first-order valence-corrected chi connectivity index (χ1v) is 11.2. The molecule has 0 aromatic rings. The summed E-state index contributed by atoms with van der Waals surface area (Å²) >= 11 is 0. The van der Waals surface area contributed by atoms with Gasteiger partial charge in [-0.05, 0) is 30.1 Å². The minimum atomic E-state index is 0.130. The molecule has 0 spiro atoms. The number of amides is 1. The van der Waals surface area contributed by atoms with Gasteiger partial charge in [-0.25, -0.2) is 0 Å². The smallest absolute Gasteiger partial charge is 0.220 e. The number of hydrogen-bond acceptors (Lipinski definition) is 2. The molecule has 3 unspecified atom stereocenters. The van der Waals surface area contributed by atoms with Gasteiger partial charge in [-0.2, -0.15) is 0 Å². The molecule has 0 aromatic heterocycles. The number of aliphatic hydroxyl groups excluding tert-OH is 1. The summed E-state index contributed by atoms with van der Waals surface area (Å²) in [6.07, 6.45) is 13.2. The van der Waals surface area contributed by atoms with Crippen molar-refractivity contribution >= 4 is 5.91 Å². The van der Waals surface area contributed by atoms with Gasteiger partial charge in [-0.15, -0.1) is 0 Å². The van der Waals surface area contributed by atoms with E-state index in [0.29, 0.717) is 25.3 Å². The quantitative estimate of drug-likeness (QED) is 0.311. The standard InChI is InChI=1S/C23H47NO2/c1-19(2)10-6-11-20(3)12-7-13-21(4)14-8-15-22(5)18-23(26)24-16-9-17-25/h19-22,25H,6-18H2,1-5H3,(H,24,26). The summed E-state index contributed by atoms with van der Waals surface area (Å²) in [6.45, 7) is 12.3. The number of hydrogen-bond donors (Lipinski definition) is 2. The molecule has 0 bridgehead atoms. The van der Waals surface area contributed by atoms with Crippen LogP contribution in [-0.4, -0.2) is 24.2 Å². The summed E-state index contributed by atoms with van der Waals surface area (Å²) < 4.78 is 0. The van der Waals surface area contributed by atoms with Crippen molar-refractivity contribution in [2.75, 3.05) is 13.2 Å². The summed E-state index contributed by atoms with van der Waals surface area (Å²) in [7, 11) is 0. The molecular formula is C23H47NO2. The Bertz CT molecular complexity index is 330. The fourth-order valence-electron chi connectivity index (χ4n) is 3.59. The second kappa shape index (κ2) is 16.6. The molecule has 3 heteroatoms. The van der Waals surface area contributed by atoms with Crippen LogP contribution in [0, 0.1) is 23.7 Å². The van der Waals surface area contributed by atoms with E-state index in [9.17, 15) is 4.79 Å². The summed E-state index contributed by atoms with van der Waals surface area (Å²) in [5.41, 5.74) is 0. The van der Waals surface area contributed by atoms with E-state index in [4.69, 9.17) is 5.11 Å². The third kappa shape index (κ3) is 16.9. The zero-order valence-corrected chi connectivity index (χ0v) is 18.4. The summed E-state index contributed by atoms with van der Waals surface area (Å²) in [5.74, 6) is 3.12. The van der Waals surface area contributed by atoms with E-state index in [1.165, 1.54) is 51.4 Å². The average Bonchev–Trinajstić information content (AvgIpc) is 2.54. The Morgan fingerprint density at radius 3 is 1.65 bits per heavy atom. The predicted molar refractivity (Wildman–Crippen MR) is 113 cm³/mol. The van der Waals surface area contributed by atoms with Crippen LogP contribution in [0.3, 0.4) is 0 Å². The Morgan fingerprint density at radius 2 is 1.19 bits per heavy atom. The average molecular weight is 370 g/mol. The zero-order valence-electron chi connectivity index (χ0n) is 18.4. The van der Waals surface area contributed by atoms with Gasteiger partial charge in [0.15, 0.2) is 0 Å². The number of aliphatic hydroxyl groups is 1. The lowest BCUT2D eigenvalue weighted by Gasteiger charge is -2.16. The number of carbonyl (C=O) groups excluding carboxylic acids is 1. The van der Waals surface area contributed by atoms with E-state index >= 15 is 0 Å². The van der Waals surface area contributed by atoms with Gasteiger partial charge in [0.1, 0.15) is 0 Å². The Hall–Kier alpha value is -0.570. The van der Waals surface area contributed by atoms with Crippen LogP contribution >= 0.6 is 0 Å². The highest BCUT2D eigenvalue weighted by Crippen LogP contribution is 2.22. The van der Waals surface area contributed by atoms with E-state index in [1.807, 2.05) is 0 Å². The first-order chi connectivity index (χ1) is 12.3. The second-order valence-electron chi connectivity index (χ2n) is 9.13. The summed E-state index contributed by atoms with van der Waals surface area (Å²) in [4.78, 5) is 11.7. The number of rotatable bonds is 17. The molecule has 0 aliphatic carbocycles. The lowest BCUT2D eigenvalue weighted by atomic mass is 9.90. The SMILES string of the molecule is CC(C)CCCC(C)CCCC(C)CCCC(C)CC(=O)NCCCO. The van der Waals surface area contributed by atoms with Crippen molar-refractivity contribution in [3.63, 3.8) is 0 Å². The Kier molecular flexibility index (Phi) is 16.2. The molecule has 0 saturated carbocycles. The first-order valence-electron chi connectivity index (χ1n) is 11.2. The molecule has 0 rings (SSSR count). The number of carbonyl (C=O) groups is 1. The van der Waals surface area contributed by atoms with E-state index in [2.05, 4.69) is 39.9 Å². The highest BCUT2D eigenvalue weighted by Gasteiger charge is 2.10. The molecule has 156 valence electrons. The van der Waals surface area contributed by atoms with E-state index in [1.54, 1.807) is 0 Å². The maximum absolute atomic E-state index is 11.7. The van der Waals surface area contributed by atoms with Gasteiger partial charge in [-0.1, -0.05) is 92.4 Å². The summed E-state index contributed by atoms with van der Waals surface area (Å²) in [6, 6.07) is 0. The van der Waals surface area contributed by atoms with Crippen molar-refractivity contribution in [2.45, 2.75) is 105 Å². The second-order valence-corrected chi connectivity index (χ2v) is 9.13. The molecule has 0 radical (unpaired) electrons. The number of nitrogens with one attached hydrogen (secondary N) is 1. The van der Waals surface area contributed by atoms with Crippen LogP contribution in [0.4, 0.5) is 0 Å². The summed E-state index contributed by atoms with van der Waals surface area (Å²) in [5, 5.41) is 11.6. The lowest BCUT2D eigenvalue weighted by molar-refractivity contribution is -0.121. The van der Waals surface area contributed by atoms with Gasteiger partial charge in [0, 0.05) is 19.6 Å². The monoisotopic (exact) mass is 369 g/mol. The van der Waals surface area contributed by atoms with E-state index in [-0.39, 0.29) is 12.5 Å². The van der Waals surface area contributed by atoms with Crippen LogP contribution in [0.15, 0.2) is 0 Å². The highest BCUT2D eigenvalue weighted by atomic mass is 16.3. The topological polar surface area (TPSA) is 49.3 Å². The first kappa shape index (κ1) is 25.4. The van der Waals surface area contributed by atoms with E-state index in [0.717, 1.165) is 24.2 Å². The third-order valence-corrected chi connectivity index (χ3v) is 5.46. The lowest BCUT2D eigenvalue weighted by Crippen LogP contribution is -2.26. The predicted octanol–water partition coefficient (Wildman–Crippen LogP) is 5.95. The van der Waals surface area contributed by atoms with Crippen molar-refractivity contribution in [2.24, 2.45) is 23.7 Å². The maximum Gasteiger partial charge on any atom is 0.220 e. The van der Waals surface area contributed by atoms with Gasteiger partial charge in [-0.3, -0.25) is 4.79 Å². The fourth-order valence-corrected chi connectivity index (χ4v) is 3.59. The van der Waals surface area contributed by atoms with Crippen molar-refractivity contribution in [1.29, 1.82) is 0 Å². The molecule has 0 heterocycles. The van der Waals surface area contributed by atoms with Gasteiger partial charge in [0.05, 0.1) is 0 Å². The van der Waals surface area contributed by atoms with Gasteiger partial charge in [0.25, 0.3) is 0 Å². The Morgan fingerprint density at radius 1 is 0.731 bits per heavy atom.